The Balaban J connectivity index is 1.43. The van der Waals surface area contributed by atoms with Gasteiger partial charge in [-0.05, 0) is 69.4 Å². The van der Waals surface area contributed by atoms with E-state index in [0.717, 1.165) is 16.8 Å². The van der Waals surface area contributed by atoms with Gasteiger partial charge in [-0.15, -0.1) is 0 Å². The number of hydrogen-bond acceptors (Lipinski definition) is 5. The molecule has 1 spiro atoms. The van der Waals surface area contributed by atoms with Crippen LogP contribution in [0, 0.1) is 0 Å². The van der Waals surface area contributed by atoms with Crippen molar-refractivity contribution in [1.82, 2.24) is 10.2 Å². The normalized spacial score (nSPS) is 18.3. The summed E-state index contributed by atoms with van der Waals surface area (Å²) in [5.41, 5.74) is 1.74. The summed E-state index contributed by atoms with van der Waals surface area (Å²) in [5.74, 6) is -0.0552. The number of carbonyl (C=O) groups excluding carboxylic acids is 2. The van der Waals surface area contributed by atoms with Crippen LogP contribution in [-0.4, -0.2) is 56.9 Å². The first-order chi connectivity index (χ1) is 17.5. The van der Waals surface area contributed by atoms with Gasteiger partial charge in [-0.25, -0.2) is 4.79 Å². The van der Waals surface area contributed by atoms with Gasteiger partial charge in [0.2, 0.25) is 5.91 Å². The molecule has 0 aromatic heterocycles. The predicted octanol–water partition coefficient (Wildman–Crippen LogP) is 4.34. The first kappa shape index (κ1) is 27.4. The van der Waals surface area contributed by atoms with E-state index in [-0.39, 0.29) is 17.7 Å². The number of halogens is 1. The number of para-hydroxylation sites is 1. The largest absolute Gasteiger partial charge is 0.755 e. The molecule has 1 saturated heterocycles. The fourth-order valence-electron chi connectivity index (χ4n) is 5.22. The number of nitrogens with zero attached hydrogens (tertiary/aromatic N) is 2. The van der Waals surface area contributed by atoms with Crippen LogP contribution in [0.15, 0.2) is 48.5 Å². The van der Waals surface area contributed by atoms with Crippen molar-refractivity contribution in [3.8, 4) is 0 Å². The van der Waals surface area contributed by atoms with Crippen molar-refractivity contribution in [2.45, 2.75) is 63.5 Å². The molecule has 2 aromatic carbocycles. The van der Waals surface area contributed by atoms with Gasteiger partial charge in [-0.2, -0.15) is 0 Å². The van der Waals surface area contributed by atoms with Crippen LogP contribution in [0.5, 0.6) is 0 Å². The molecule has 0 bridgehead atoms. The number of carbonyl (C=O) groups is 2. The van der Waals surface area contributed by atoms with E-state index in [1.807, 2.05) is 41.3 Å². The van der Waals surface area contributed by atoms with Crippen molar-refractivity contribution in [3.05, 3.63) is 64.7 Å². The fourth-order valence-corrected chi connectivity index (χ4v) is 6.02. The van der Waals surface area contributed by atoms with Gasteiger partial charge in [-0.3, -0.25) is 9.00 Å². The number of nitrogens with one attached hydrogen (secondary N) is 1. The molecule has 0 saturated carbocycles. The van der Waals surface area contributed by atoms with Crippen molar-refractivity contribution < 1.29 is 23.1 Å². The van der Waals surface area contributed by atoms with Crippen LogP contribution in [-0.2, 0) is 32.6 Å². The van der Waals surface area contributed by atoms with E-state index < -0.39 is 29.0 Å². The van der Waals surface area contributed by atoms with Crippen LogP contribution in [0.2, 0.25) is 5.02 Å². The summed E-state index contributed by atoms with van der Waals surface area (Å²) in [6.45, 7) is 6.81. The smallest absolute Gasteiger partial charge is 0.407 e. The SMILES string of the molecule is CC(C)(C)OC(=O)N[C@H](CC(=O)N1CCC2(CC1)CN(S(=O)[O-])c1ccccc12)Cc1ccc(Cl)cc1. The summed E-state index contributed by atoms with van der Waals surface area (Å²) in [5, 5.41) is 3.49. The van der Waals surface area contributed by atoms with Gasteiger partial charge in [0.1, 0.15) is 5.60 Å². The molecule has 4 rings (SSSR count). The average molecular weight is 547 g/mol. The molecule has 0 aliphatic carbocycles. The van der Waals surface area contributed by atoms with Crippen LogP contribution in [0.25, 0.3) is 0 Å². The van der Waals surface area contributed by atoms with Gasteiger partial charge in [0.25, 0.3) is 0 Å². The van der Waals surface area contributed by atoms with Gasteiger partial charge in [-0.1, -0.05) is 41.9 Å². The maximum atomic E-state index is 13.3. The summed E-state index contributed by atoms with van der Waals surface area (Å²) in [6, 6.07) is 14.5. The minimum absolute atomic E-state index is 0.0552. The van der Waals surface area contributed by atoms with Crippen LogP contribution in [0.1, 0.15) is 51.2 Å². The van der Waals surface area contributed by atoms with Crippen molar-refractivity contribution in [1.29, 1.82) is 0 Å². The highest BCUT2D eigenvalue weighted by Gasteiger charge is 2.45. The molecule has 37 heavy (non-hydrogen) atoms. The predicted molar refractivity (Wildman–Crippen MR) is 143 cm³/mol. The summed E-state index contributed by atoms with van der Waals surface area (Å²) >= 11 is 3.67. The zero-order valence-electron chi connectivity index (χ0n) is 21.4. The highest BCUT2D eigenvalue weighted by atomic mass is 35.5. The molecule has 1 unspecified atom stereocenters. The topological polar surface area (TPSA) is 102 Å². The molecule has 2 aliphatic rings. The zero-order chi connectivity index (χ0) is 26.8. The van der Waals surface area contributed by atoms with E-state index >= 15 is 0 Å². The lowest BCUT2D eigenvalue weighted by Crippen LogP contribution is -2.49. The Kier molecular flexibility index (Phi) is 8.16. The van der Waals surface area contributed by atoms with Crippen molar-refractivity contribution in [3.63, 3.8) is 0 Å². The van der Waals surface area contributed by atoms with Crippen LogP contribution < -0.4 is 9.62 Å². The van der Waals surface area contributed by atoms with E-state index in [1.165, 1.54) is 4.31 Å². The molecular formula is C27H33ClN3O5S-. The number of anilines is 1. The summed E-state index contributed by atoms with van der Waals surface area (Å²) in [4.78, 5) is 27.7. The van der Waals surface area contributed by atoms with E-state index in [4.69, 9.17) is 16.3 Å². The lowest BCUT2D eigenvalue weighted by Gasteiger charge is -2.40. The number of benzene rings is 2. The van der Waals surface area contributed by atoms with Crippen molar-refractivity contribution in [2.75, 3.05) is 23.9 Å². The van der Waals surface area contributed by atoms with Gasteiger partial charge in [0.05, 0.1) is 5.69 Å². The summed E-state index contributed by atoms with van der Waals surface area (Å²) in [6.07, 6.45) is 1.36. The second kappa shape index (κ2) is 11.0. The third-order valence-corrected chi connectivity index (χ3v) is 7.92. The van der Waals surface area contributed by atoms with E-state index in [9.17, 15) is 18.4 Å². The molecule has 2 amide bonds. The first-order valence-electron chi connectivity index (χ1n) is 12.4. The number of rotatable bonds is 6. The fraction of sp³-hybridized carbons (Fsp3) is 0.481. The standard InChI is InChI=1S/C27H34ClN3O5S/c1-26(2,3)36-25(33)29-21(16-19-8-10-20(28)11-9-19)17-24(32)30-14-12-27(13-15-30)18-31(37(34)35)23-7-5-4-6-22(23)27/h4-11,21H,12-18H2,1-3H3,(H,29,33)(H,34,35)/p-1/t21-/m0/s1. The maximum absolute atomic E-state index is 13.3. The Hall–Kier alpha value is -2.62. The summed E-state index contributed by atoms with van der Waals surface area (Å²) < 4.78 is 30.5. The molecule has 1 N–H and O–H groups in total. The molecule has 1 fully saturated rings. The minimum atomic E-state index is -2.35. The lowest BCUT2D eigenvalue weighted by molar-refractivity contribution is -0.133. The number of ether oxygens (including phenoxy) is 1. The lowest BCUT2D eigenvalue weighted by atomic mass is 9.74. The highest BCUT2D eigenvalue weighted by Crippen LogP contribution is 2.47. The quantitative estimate of drug-likeness (QED) is 0.543. The van der Waals surface area contributed by atoms with Crippen molar-refractivity contribution in [2.24, 2.45) is 0 Å². The monoisotopic (exact) mass is 546 g/mol. The third kappa shape index (κ3) is 6.64. The number of alkyl carbamates (subject to hydrolysis) is 1. The van der Waals surface area contributed by atoms with Gasteiger partial charge < -0.3 is 23.8 Å². The molecule has 2 heterocycles. The van der Waals surface area contributed by atoms with E-state index in [1.54, 1.807) is 32.9 Å². The summed E-state index contributed by atoms with van der Waals surface area (Å²) in [7, 11) is 0. The molecule has 2 aliphatic heterocycles. The molecule has 8 nitrogen and oxygen atoms in total. The molecule has 2 aromatic rings. The van der Waals surface area contributed by atoms with Gasteiger partial charge in [0.15, 0.2) is 0 Å². The Morgan fingerprint density at radius 2 is 1.78 bits per heavy atom. The van der Waals surface area contributed by atoms with Crippen molar-refractivity contribution >= 4 is 40.6 Å². The Morgan fingerprint density at radius 3 is 2.41 bits per heavy atom. The highest BCUT2D eigenvalue weighted by molar-refractivity contribution is 7.80. The maximum Gasteiger partial charge on any atom is 0.407 e. The second-order valence-corrected chi connectivity index (χ2v) is 12.1. The number of piperidine rings is 1. The average Bonchev–Trinajstić information content (AvgIpc) is 3.14. The minimum Gasteiger partial charge on any atom is -0.755 e. The molecule has 2 atom stereocenters. The Labute approximate surface area is 225 Å². The molecular weight excluding hydrogens is 514 g/mol. The number of fused-ring (bicyclic) bond motifs is 2. The number of amides is 2. The van der Waals surface area contributed by atoms with E-state index in [0.29, 0.717) is 43.9 Å². The zero-order valence-corrected chi connectivity index (χ0v) is 22.9. The molecule has 10 heteroatoms. The van der Waals surface area contributed by atoms with E-state index in [2.05, 4.69) is 5.32 Å². The number of likely N-dealkylation sites (tertiary alicyclic amines) is 1. The van der Waals surface area contributed by atoms with Crippen LogP contribution in [0.3, 0.4) is 0 Å². The van der Waals surface area contributed by atoms with Crippen LogP contribution >= 0.6 is 11.6 Å². The number of hydrogen-bond donors (Lipinski definition) is 1. The molecule has 200 valence electrons. The van der Waals surface area contributed by atoms with Gasteiger partial charge in [0, 0.05) is 53.8 Å². The molecule has 0 radical (unpaired) electrons. The Morgan fingerprint density at radius 1 is 1.14 bits per heavy atom. The third-order valence-electron chi connectivity index (χ3n) is 6.98. The first-order valence-corrected chi connectivity index (χ1v) is 13.8. The van der Waals surface area contributed by atoms with Crippen LogP contribution in [0.4, 0.5) is 10.5 Å². The Bertz CT molecular complexity index is 1160. The van der Waals surface area contributed by atoms with Gasteiger partial charge >= 0.3 is 6.09 Å². The second-order valence-electron chi connectivity index (χ2n) is 10.8.